The Kier molecular flexibility index (Phi) is 6.17. The van der Waals surface area contributed by atoms with Gasteiger partial charge in [-0.2, -0.15) is 4.98 Å². The van der Waals surface area contributed by atoms with Crippen LogP contribution in [0.5, 0.6) is 5.88 Å². The molecule has 5 rings (SSSR count). The van der Waals surface area contributed by atoms with Gasteiger partial charge in [-0.25, -0.2) is 9.98 Å². The zero-order valence-electron chi connectivity index (χ0n) is 16.8. The van der Waals surface area contributed by atoms with Gasteiger partial charge in [0, 0.05) is 6.20 Å². The third-order valence-electron chi connectivity index (χ3n) is 5.18. The predicted octanol–water partition coefficient (Wildman–Crippen LogP) is 2.56. The molecule has 168 valence electrons. The van der Waals surface area contributed by atoms with Gasteiger partial charge in [-0.15, -0.1) is 11.3 Å². The lowest BCUT2D eigenvalue weighted by Crippen LogP contribution is -2.33. The summed E-state index contributed by atoms with van der Waals surface area (Å²) < 4.78 is 23.7. The second-order valence-corrected chi connectivity index (χ2v) is 8.76. The van der Waals surface area contributed by atoms with E-state index in [2.05, 4.69) is 32.0 Å². The highest BCUT2D eigenvalue weighted by molar-refractivity contribution is 7.18. The van der Waals surface area contributed by atoms with Gasteiger partial charge >= 0.3 is 0 Å². The molecule has 4 atom stereocenters. The maximum Gasteiger partial charge on any atom is 0.235 e. The molecule has 10 nitrogen and oxygen atoms in total. The van der Waals surface area contributed by atoms with Crippen LogP contribution in [-0.4, -0.2) is 71.1 Å². The summed E-state index contributed by atoms with van der Waals surface area (Å²) in [4.78, 5) is 16.9. The van der Waals surface area contributed by atoms with Crippen molar-refractivity contribution in [3.63, 3.8) is 0 Å². The van der Waals surface area contributed by atoms with Gasteiger partial charge < -0.3 is 29.4 Å². The number of halogens is 1. The van der Waals surface area contributed by atoms with Crippen molar-refractivity contribution >= 4 is 51.4 Å². The third-order valence-corrected chi connectivity index (χ3v) is 6.46. The molecule has 2 saturated heterocycles. The summed E-state index contributed by atoms with van der Waals surface area (Å²) >= 11 is 7.89. The van der Waals surface area contributed by atoms with E-state index < -0.39 is 6.10 Å². The first-order valence-corrected chi connectivity index (χ1v) is 11.1. The zero-order valence-corrected chi connectivity index (χ0v) is 18.4. The van der Waals surface area contributed by atoms with E-state index in [-0.39, 0.29) is 44.1 Å². The molecule has 0 aliphatic carbocycles. The van der Waals surface area contributed by atoms with Gasteiger partial charge in [0.15, 0.2) is 5.82 Å². The first-order valence-electron chi connectivity index (χ1n) is 9.88. The molecule has 0 spiro atoms. The molecule has 0 aromatic carbocycles. The van der Waals surface area contributed by atoms with Crippen LogP contribution in [0.15, 0.2) is 29.5 Å². The molecule has 2 aliphatic heterocycles. The van der Waals surface area contributed by atoms with Crippen molar-refractivity contribution in [2.24, 2.45) is 4.99 Å². The number of ether oxygens (including phenoxy) is 4. The SMILES string of the molecule is C=Nc1nc(OCc2nc3cnccc3s2)c(Cl)cc1NCO[C@@H]1CO[C@H]2[C@@H]1OC[C@H]2O. The highest BCUT2D eigenvalue weighted by atomic mass is 35.5. The number of hydrogen-bond donors (Lipinski definition) is 2. The Labute approximate surface area is 192 Å². The Morgan fingerprint density at radius 2 is 2.19 bits per heavy atom. The minimum Gasteiger partial charge on any atom is -0.469 e. The third kappa shape index (κ3) is 4.27. The molecular weight excluding hydrogens is 458 g/mol. The Hall–Kier alpha value is -2.41. The van der Waals surface area contributed by atoms with Gasteiger partial charge in [0.25, 0.3) is 0 Å². The number of aliphatic hydroxyl groups is 1. The van der Waals surface area contributed by atoms with Gasteiger partial charge in [0.1, 0.15) is 47.8 Å². The highest BCUT2D eigenvalue weighted by Crippen LogP contribution is 2.34. The molecule has 0 radical (unpaired) electrons. The number of thiazole rings is 1. The summed E-state index contributed by atoms with van der Waals surface area (Å²) in [6, 6.07) is 3.56. The van der Waals surface area contributed by atoms with Crippen molar-refractivity contribution < 1.29 is 24.1 Å². The molecule has 2 N–H and O–H groups in total. The molecular formula is C20H20ClN5O5S. The number of nitrogens with one attached hydrogen (secondary N) is 1. The van der Waals surface area contributed by atoms with Crippen molar-refractivity contribution in [3.8, 4) is 5.88 Å². The van der Waals surface area contributed by atoms with Crippen LogP contribution in [0.2, 0.25) is 5.02 Å². The first kappa shape index (κ1) is 21.4. The van der Waals surface area contributed by atoms with Crippen LogP contribution in [0.25, 0.3) is 10.2 Å². The predicted molar refractivity (Wildman–Crippen MR) is 119 cm³/mol. The number of rotatable bonds is 8. The van der Waals surface area contributed by atoms with Crippen molar-refractivity contribution in [3.05, 3.63) is 34.6 Å². The fraction of sp³-hybridized carbons (Fsp3) is 0.400. The van der Waals surface area contributed by atoms with Crippen LogP contribution in [0.1, 0.15) is 5.01 Å². The Bertz CT molecular complexity index is 1100. The van der Waals surface area contributed by atoms with Gasteiger partial charge in [0.05, 0.1) is 35.3 Å². The van der Waals surface area contributed by atoms with Crippen LogP contribution >= 0.6 is 22.9 Å². The lowest BCUT2D eigenvalue weighted by atomic mass is 10.1. The Balaban J connectivity index is 1.20. The van der Waals surface area contributed by atoms with E-state index in [9.17, 15) is 5.11 Å². The van der Waals surface area contributed by atoms with Crippen molar-refractivity contribution in [2.75, 3.05) is 25.3 Å². The standard InChI is InChI=1S/C20H20ClN5O5S/c1-22-19-11(24-9-31-14-7-29-17-13(27)6-28-18(14)17)4-10(21)20(26-19)30-8-16-25-12-5-23-3-2-15(12)32-16/h2-5,13-14,17-18,24,27H,1,6-9H2/t13-,14-,17-,18-/m1/s1. The summed E-state index contributed by atoms with van der Waals surface area (Å²) in [5.74, 6) is 0.563. The molecule has 2 aliphatic rings. The normalized spacial score (nSPS) is 24.6. The lowest BCUT2D eigenvalue weighted by molar-refractivity contribution is -0.0311. The van der Waals surface area contributed by atoms with E-state index in [0.29, 0.717) is 23.1 Å². The van der Waals surface area contributed by atoms with Crippen molar-refractivity contribution in [1.82, 2.24) is 15.0 Å². The molecule has 2 fully saturated rings. The van der Waals surface area contributed by atoms with Gasteiger partial charge in [-0.1, -0.05) is 11.6 Å². The van der Waals surface area contributed by atoms with Crippen LogP contribution in [-0.2, 0) is 20.8 Å². The number of aliphatic hydroxyl groups excluding tert-OH is 1. The average Bonchev–Trinajstić information content (AvgIpc) is 3.49. The molecule has 0 unspecified atom stereocenters. The van der Waals surface area contributed by atoms with Gasteiger partial charge in [-0.3, -0.25) is 4.98 Å². The smallest absolute Gasteiger partial charge is 0.235 e. The summed E-state index contributed by atoms with van der Waals surface area (Å²) in [5, 5.41) is 14.0. The minimum atomic E-state index is -0.617. The largest absolute Gasteiger partial charge is 0.469 e. The summed E-state index contributed by atoms with van der Waals surface area (Å²) in [6.07, 6.45) is 1.92. The van der Waals surface area contributed by atoms with Gasteiger partial charge in [0.2, 0.25) is 5.88 Å². The van der Waals surface area contributed by atoms with Crippen LogP contribution < -0.4 is 10.1 Å². The van der Waals surface area contributed by atoms with Crippen molar-refractivity contribution in [1.29, 1.82) is 0 Å². The van der Waals surface area contributed by atoms with Crippen molar-refractivity contribution in [2.45, 2.75) is 31.0 Å². The topological polar surface area (TPSA) is 120 Å². The number of pyridine rings is 2. The second-order valence-electron chi connectivity index (χ2n) is 7.23. The maximum absolute atomic E-state index is 9.82. The zero-order chi connectivity index (χ0) is 22.1. The number of aliphatic imine (C=N–C) groups is 1. The average molecular weight is 478 g/mol. The van der Waals surface area contributed by atoms with E-state index >= 15 is 0 Å². The first-order chi connectivity index (χ1) is 15.6. The molecule has 3 aromatic heterocycles. The van der Waals surface area contributed by atoms with Gasteiger partial charge in [-0.05, 0) is 18.9 Å². The number of anilines is 1. The van der Waals surface area contributed by atoms with E-state index in [4.69, 9.17) is 30.5 Å². The number of aromatic nitrogens is 3. The summed E-state index contributed by atoms with van der Waals surface area (Å²) in [7, 11) is 0. The molecule has 12 heteroatoms. The van der Waals surface area contributed by atoms with E-state index in [1.807, 2.05) is 6.07 Å². The fourth-order valence-corrected chi connectivity index (χ4v) is 4.70. The quantitative estimate of drug-likeness (QED) is 0.372. The summed E-state index contributed by atoms with van der Waals surface area (Å²) in [5.41, 5.74) is 1.37. The van der Waals surface area contributed by atoms with E-state index in [1.165, 1.54) is 11.3 Å². The lowest BCUT2D eigenvalue weighted by Gasteiger charge is -2.18. The molecule has 5 heterocycles. The molecule has 0 bridgehead atoms. The molecule has 0 amide bonds. The van der Waals surface area contributed by atoms with Crippen LogP contribution in [0.3, 0.4) is 0 Å². The monoisotopic (exact) mass is 477 g/mol. The van der Waals surface area contributed by atoms with Crippen LogP contribution in [0.4, 0.5) is 11.5 Å². The van der Waals surface area contributed by atoms with Crippen LogP contribution in [0, 0.1) is 0 Å². The maximum atomic E-state index is 9.82. The second kappa shape index (κ2) is 9.22. The Morgan fingerprint density at radius 3 is 3.03 bits per heavy atom. The summed E-state index contributed by atoms with van der Waals surface area (Å²) in [6.45, 7) is 4.54. The highest BCUT2D eigenvalue weighted by Gasteiger charge is 2.47. The van der Waals surface area contributed by atoms with E-state index in [1.54, 1.807) is 18.5 Å². The molecule has 3 aromatic rings. The number of fused-ring (bicyclic) bond motifs is 2. The van der Waals surface area contributed by atoms with E-state index in [0.717, 1.165) is 15.2 Å². The number of hydrogen-bond acceptors (Lipinski definition) is 11. The number of nitrogens with zero attached hydrogens (tertiary/aromatic N) is 4. The Morgan fingerprint density at radius 1 is 1.31 bits per heavy atom. The molecule has 0 saturated carbocycles. The minimum absolute atomic E-state index is 0.150. The molecule has 32 heavy (non-hydrogen) atoms. The fourth-order valence-electron chi connectivity index (χ4n) is 3.65.